The van der Waals surface area contributed by atoms with Gasteiger partial charge in [0.2, 0.25) is 0 Å². The van der Waals surface area contributed by atoms with Gasteiger partial charge in [0, 0.05) is 32.1 Å². The topological polar surface area (TPSA) is 66.3 Å². The third kappa shape index (κ3) is 4.51. The van der Waals surface area contributed by atoms with Gasteiger partial charge in [0.1, 0.15) is 11.6 Å². The number of piperidine rings is 1. The van der Waals surface area contributed by atoms with E-state index in [2.05, 4.69) is 25.0 Å². The number of hydrogen-bond donors (Lipinski definition) is 1. The number of carbonyl (C=O) groups excluding carboxylic acids is 1. The fourth-order valence-electron chi connectivity index (χ4n) is 4.04. The molecule has 0 spiro atoms. The molecular weight excluding hydrogens is 316 g/mol. The van der Waals surface area contributed by atoms with Crippen molar-refractivity contribution in [1.82, 2.24) is 29.9 Å². The lowest BCUT2D eigenvalue weighted by molar-refractivity contribution is 0.171. The van der Waals surface area contributed by atoms with E-state index in [0.717, 1.165) is 57.0 Å². The Morgan fingerprint density at radius 2 is 1.92 bits per heavy atom. The standard InChI is InChI=1S/C18H32N6O/c1-22(2)13-16-20-21-17(23(16)3)14-8-7-11-24(12-14)18(25)19-15-9-5-4-6-10-15/h14-15H,4-13H2,1-3H3,(H,19,25)/t14-/m0/s1. The molecule has 2 fully saturated rings. The van der Waals surface area contributed by atoms with E-state index >= 15 is 0 Å². The van der Waals surface area contributed by atoms with Crippen molar-refractivity contribution in [2.75, 3.05) is 27.2 Å². The summed E-state index contributed by atoms with van der Waals surface area (Å²) in [5.41, 5.74) is 0. The summed E-state index contributed by atoms with van der Waals surface area (Å²) in [5, 5.41) is 12.0. The molecule has 7 nitrogen and oxygen atoms in total. The molecule has 0 aromatic carbocycles. The Balaban J connectivity index is 1.60. The second-order valence-corrected chi connectivity index (χ2v) is 7.84. The van der Waals surface area contributed by atoms with Crippen LogP contribution in [0.3, 0.4) is 0 Å². The molecule has 25 heavy (non-hydrogen) atoms. The van der Waals surface area contributed by atoms with Crippen molar-refractivity contribution in [3.05, 3.63) is 11.6 Å². The van der Waals surface area contributed by atoms with Crippen molar-refractivity contribution >= 4 is 6.03 Å². The molecular formula is C18H32N6O. The molecule has 1 N–H and O–H groups in total. The third-order valence-electron chi connectivity index (χ3n) is 5.46. The number of urea groups is 1. The van der Waals surface area contributed by atoms with E-state index in [1.54, 1.807) is 0 Å². The first-order valence-corrected chi connectivity index (χ1v) is 9.63. The molecule has 1 aliphatic heterocycles. The molecule has 0 unspecified atom stereocenters. The molecule has 2 amide bonds. The van der Waals surface area contributed by atoms with Crippen molar-refractivity contribution in [2.24, 2.45) is 7.05 Å². The smallest absolute Gasteiger partial charge is 0.317 e. The minimum absolute atomic E-state index is 0.104. The quantitative estimate of drug-likeness (QED) is 0.905. The van der Waals surface area contributed by atoms with Gasteiger partial charge >= 0.3 is 6.03 Å². The first kappa shape index (κ1) is 18.2. The van der Waals surface area contributed by atoms with E-state index in [1.165, 1.54) is 19.3 Å². The number of amides is 2. The van der Waals surface area contributed by atoms with Crippen molar-refractivity contribution in [3.8, 4) is 0 Å². The molecule has 0 radical (unpaired) electrons. The molecule has 7 heteroatoms. The van der Waals surface area contributed by atoms with Gasteiger partial charge in [0.25, 0.3) is 0 Å². The van der Waals surface area contributed by atoms with Crippen LogP contribution in [0.4, 0.5) is 4.79 Å². The van der Waals surface area contributed by atoms with Crippen LogP contribution in [-0.2, 0) is 13.6 Å². The second kappa shape index (κ2) is 8.17. The number of hydrogen-bond acceptors (Lipinski definition) is 4. The van der Waals surface area contributed by atoms with Gasteiger partial charge in [-0.1, -0.05) is 19.3 Å². The Labute approximate surface area is 150 Å². The number of nitrogens with zero attached hydrogens (tertiary/aromatic N) is 5. The van der Waals surface area contributed by atoms with E-state index in [0.29, 0.717) is 6.04 Å². The van der Waals surface area contributed by atoms with Gasteiger partial charge in [0.15, 0.2) is 0 Å². The molecule has 1 aliphatic carbocycles. The fraction of sp³-hybridized carbons (Fsp3) is 0.833. The second-order valence-electron chi connectivity index (χ2n) is 7.84. The van der Waals surface area contributed by atoms with Crippen molar-refractivity contribution in [1.29, 1.82) is 0 Å². The number of aromatic nitrogens is 3. The number of nitrogens with one attached hydrogen (secondary N) is 1. The zero-order chi connectivity index (χ0) is 17.8. The Morgan fingerprint density at radius 1 is 1.16 bits per heavy atom. The molecule has 0 bridgehead atoms. The predicted molar refractivity (Wildman–Crippen MR) is 97.3 cm³/mol. The summed E-state index contributed by atoms with van der Waals surface area (Å²) in [6, 6.07) is 0.468. The van der Waals surface area contributed by atoms with E-state index in [9.17, 15) is 4.79 Å². The summed E-state index contributed by atoms with van der Waals surface area (Å²) in [6.45, 7) is 2.37. The normalized spacial score (nSPS) is 22.4. The highest BCUT2D eigenvalue weighted by Gasteiger charge is 2.29. The summed E-state index contributed by atoms with van der Waals surface area (Å²) in [5.74, 6) is 2.26. The minimum atomic E-state index is 0.104. The van der Waals surface area contributed by atoms with Gasteiger partial charge in [-0.05, 0) is 39.8 Å². The van der Waals surface area contributed by atoms with Crippen LogP contribution in [0, 0.1) is 0 Å². The van der Waals surface area contributed by atoms with Crippen LogP contribution < -0.4 is 5.32 Å². The molecule has 2 aliphatic rings. The maximum absolute atomic E-state index is 12.6. The average Bonchev–Trinajstić information content (AvgIpc) is 2.96. The summed E-state index contributed by atoms with van der Waals surface area (Å²) >= 11 is 0. The van der Waals surface area contributed by atoms with Crippen LogP contribution in [0.2, 0.25) is 0 Å². The Hall–Kier alpha value is -1.63. The van der Waals surface area contributed by atoms with E-state index < -0.39 is 0 Å². The Morgan fingerprint density at radius 3 is 2.64 bits per heavy atom. The van der Waals surface area contributed by atoms with Gasteiger partial charge in [-0.3, -0.25) is 0 Å². The third-order valence-corrected chi connectivity index (χ3v) is 5.46. The van der Waals surface area contributed by atoms with E-state index in [4.69, 9.17) is 0 Å². The van der Waals surface area contributed by atoms with Crippen LogP contribution in [0.15, 0.2) is 0 Å². The number of rotatable bonds is 4. The molecule has 140 valence electrons. The van der Waals surface area contributed by atoms with E-state index in [1.807, 2.05) is 26.0 Å². The van der Waals surface area contributed by atoms with Crippen molar-refractivity contribution in [3.63, 3.8) is 0 Å². The van der Waals surface area contributed by atoms with E-state index in [-0.39, 0.29) is 11.9 Å². The average molecular weight is 348 g/mol. The lowest BCUT2D eigenvalue weighted by Gasteiger charge is -2.34. The van der Waals surface area contributed by atoms with Crippen molar-refractivity contribution < 1.29 is 4.79 Å². The molecule has 1 aromatic rings. The van der Waals surface area contributed by atoms with Crippen LogP contribution >= 0.6 is 0 Å². The summed E-state index contributed by atoms with van der Waals surface area (Å²) in [6.07, 6.45) is 8.13. The summed E-state index contributed by atoms with van der Waals surface area (Å²) < 4.78 is 2.10. The largest absolute Gasteiger partial charge is 0.335 e. The molecule has 1 aromatic heterocycles. The minimum Gasteiger partial charge on any atom is -0.335 e. The Kier molecular flexibility index (Phi) is 5.93. The SMILES string of the molecule is CN(C)Cc1nnc([C@H]2CCCN(C(=O)NC3CCCCC3)C2)n1C. The van der Waals surface area contributed by atoms with Gasteiger partial charge in [-0.25, -0.2) is 4.79 Å². The lowest BCUT2D eigenvalue weighted by Crippen LogP contribution is -2.48. The van der Waals surface area contributed by atoms with Gasteiger partial charge in [-0.15, -0.1) is 10.2 Å². The highest BCUT2D eigenvalue weighted by Crippen LogP contribution is 2.26. The number of likely N-dealkylation sites (tertiary alicyclic amines) is 1. The molecule has 1 saturated heterocycles. The lowest BCUT2D eigenvalue weighted by atomic mass is 9.95. The van der Waals surface area contributed by atoms with Crippen LogP contribution in [0.5, 0.6) is 0 Å². The van der Waals surface area contributed by atoms with Gasteiger partial charge in [-0.2, -0.15) is 0 Å². The molecule has 1 atom stereocenters. The maximum Gasteiger partial charge on any atom is 0.317 e. The predicted octanol–water partition coefficient (Wildman–Crippen LogP) is 2.10. The number of carbonyl (C=O) groups is 1. The fourth-order valence-corrected chi connectivity index (χ4v) is 4.04. The maximum atomic E-state index is 12.6. The highest BCUT2D eigenvalue weighted by atomic mass is 16.2. The Bertz CT molecular complexity index is 578. The van der Waals surface area contributed by atoms with Crippen LogP contribution in [0.25, 0.3) is 0 Å². The first-order valence-electron chi connectivity index (χ1n) is 9.63. The molecule has 3 rings (SSSR count). The first-order chi connectivity index (χ1) is 12.0. The zero-order valence-corrected chi connectivity index (χ0v) is 15.9. The van der Waals surface area contributed by atoms with Crippen molar-refractivity contribution in [2.45, 2.75) is 63.5 Å². The molecule has 2 heterocycles. The monoisotopic (exact) mass is 348 g/mol. The zero-order valence-electron chi connectivity index (χ0n) is 15.9. The highest BCUT2D eigenvalue weighted by molar-refractivity contribution is 5.74. The van der Waals surface area contributed by atoms with Crippen LogP contribution in [-0.4, -0.2) is 63.8 Å². The van der Waals surface area contributed by atoms with Crippen LogP contribution in [0.1, 0.15) is 62.5 Å². The summed E-state index contributed by atoms with van der Waals surface area (Å²) in [4.78, 5) is 16.7. The molecule has 1 saturated carbocycles. The van der Waals surface area contributed by atoms with Gasteiger partial charge in [0.05, 0.1) is 6.54 Å². The summed E-state index contributed by atoms with van der Waals surface area (Å²) in [7, 11) is 6.10. The van der Waals surface area contributed by atoms with Gasteiger partial charge < -0.3 is 19.7 Å².